The Labute approximate surface area is 155 Å². The van der Waals surface area contributed by atoms with Crippen LogP contribution in [0, 0.1) is 17.3 Å². The van der Waals surface area contributed by atoms with Gasteiger partial charge in [0.1, 0.15) is 6.10 Å². The third-order valence-electron chi connectivity index (χ3n) is 5.58. The molecule has 0 amide bonds. The van der Waals surface area contributed by atoms with E-state index in [2.05, 4.69) is 0 Å². The Hall–Kier alpha value is -2.17. The van der Waals surface area contributed by atoms with E-state index in [9.17, 15) is 14.4 Å². The van der Waals surface area contributed by atoms with Crippen LogP contribution in [0.1, 0.15) is 47.5 Å². The van der Waals surface area contributed by atoms with E-state index in [0.29, 0.717) is 12.0 Å². The van der Waals surface area contributed by atoms with E-state index in [1.54, 1.807) is 13.0 Å². The zero-order chi connectivity index (χ0) is 19.6. The number of Topliss-reactive ketones (excluding diaryl/α,β-unsaturated/α-hetero) is 1. The first-order chi connectivity index (χ1) is 12.1. The van der Waals surface area contributed by atoms with Crippen molar-refractivity contribution in [2.45, 2.75) is 53.6 Å². The third-order valence-corrected chi connectivity index (χ3v) is 5.58. The van der Waals surface area contributed by atoms with Gasteiger partial charge in [0, 0.05) is 11.1 Å². The highest BCUT2D eigenvalue weighted by molar-refractivity contribution is 6.00. The third kappa shape index (κ3) is 3.81. The van der Waals surface area contributed by atoms with E-state index in [1.165, 1.54) is 7.11 Å². The number of carbonyl (C=O) groups is 3. The first-order valence-corrected chi connectivity index (χ1v) is 8.96. The van der Waals surface area contributed by atoms with Gasteiger partial charge in [0.2, 0.25) is 0 Å². The second-order valence-corrected chi connectivity index (χ2v) is 7.65. The number of rotatable bonds is 6. The van der Waals surface area contributed by atoms with Gasteiger partial charge in [-0.15, -0.1) is 0 Å². The Morgan fingerprint density at radius 3 is 2.54 bits per heavy atom. The van der Waals surface area contributed by atoms with Crippen LogP contribution in [0.2, 0.25) is 0 Å². The van der Waals surface area contributed by atoms with Gasteiger partial charge in [-0.25, -0.2) is 4.79 Å². The van der Waals surface area contributed by atoms with Crippen LogP contribution in [0.25, 0.3) is 0 Å². The summed E-state index contributed by atoms with van der Waals surface area (Å²) < 4.78 is 10.4. The minimum absolute atomic E-state index is 0.0476. The number of ketones is 1. The van der Waals surface area contributed by atoms with E-state index in [1.807, 2.05) is 39.8 Å². The van der Waals surface area contributed by atoms with Gasteiger partial charge in [0.05, 0.1) is 19.4 Å². The molecular weight excluding hydrogens is 332 g/mol. The van der Waals surface area contributed by atoms with Gasteiger partial charge < -0.3 is 9.47 Å². The maximum atomic E-state index is 12.7. The zero-order valence-corrected chi connectivity index (χ0v) is 16.4. The molecule has 0 aromatic rings. The van der Waals surface area contributed by atoms with E-state index in [0.717, 1.165) is 11.1 Å². The molecule has 5 nitrogen and oxygen atoms in total. The van der Waals surface area contributed by atoms with Gasteiger partial charge in [-0.1, -0.05) is 32.1 Å². The van der Waals surface area contributed by atoms with Crippen LogP contribution >= 0.6 is 0 Å². The Morgan fingerprint density at radius 2 is 1.96 bits per heavy atom. The molecule has 5 heteroatoms. The summed E-state index contributed by atoms with van der Waals surface area (Å²) >= 11 is 0. The van der Waals surface area contributed by atoms with Crippen molar-refractivity contribution in [1.82, 2.24) is 0 Å². The van der Waals surface area contributed by atoms with E-state index < -0.39 is 12.1 Å². The fraction of sp³-hybridized carbons (Fsp3) is 0.571. The lowest BCUT2D eigenvalue weighted by Gasteiger charge is -2.13. The number of allylic oxidation sites excluding steroid dienone is 4. The standard InChI is InChI=1S/C21H28O5/c1-7-8-9-14-13(3)17(11-16(14)22)26-20(24)18-15(21(18,4)5)10-12(2)19(23)25-6/h7-8,10,15,17-18H,9,11H2,1-6H3/b8-7-,12-10-/t15-,17+,18+/m1/s1. The molecule has 0 aliphatic heterocycles. The topological polar surface area (TPSA) is 69.7 Å². The second kappa shape index (κ2) is 7.60. The van der Waals surface area contributed by atoms with Gasteiger partial charge in [0.25, 0.3) is 0 Å². The van der Waals surface area contributed by atoms with Crippen LogP contribution in [0.3, 0.4) is 0 Å². The van der Waals surface area contributed by atoms with Crippen molar-refractivity contribution in [1.29, 1.82) is 0 Å². The van der Waals surface area contributed by atoms with Crippen molar-refractivity contribution in [3.63, 3.8) is 0 Å². The summed E-state index contributed by atoms with van der Waals surface area (Å²) in [5.41, 5.74) is 1.80. The molecule has 0 unspecified atom stereocenters. The van der Waals surface area contributed by atoms with Gasteiger partial charge >= 0.3 is 11.9 Å². The fourth-order valence-electron chi connectivity index (χ4n) is 3.65. The molecule has 0 spiro atoms. The first kappa shape index (κ1) is 20.1. The molecule has 0 aromatic carbocycles. The van der Waals surface area contributed by atoms with Gasteiger partial charge in [-0.05, 0) is 44.1 Å². The Morgan fingerprint density at radius 1 is 1.31 bits per heavy atom. The average molecular weight is 360 g/mol. The molecule has 0 radical (unpaired) electrons. The molecule has 2 aliphatic carbocycles. The molecule has 0 bridgehead atoms. The smallest absolute Gasteiger partial charge is 0.333 e. The van der Waals surface area contributed by atoms with Gasteiger partial charge in [-0.3, -0.25) is 9.59 Å². The number of carbonyl (C=O) groups excluding carboxylic acids is 3. The van der Waals surface area contributed by atoms with Crippen molar-refractivity contribution < 1.29 is 23.9 Å². The van der Waals surface area contributed by atoms with E-state index in [4.69, 9.17) is 9.47 Å². The van der Waals surface area contributed by atoms with Crippen LogP contribution in [-0.4, -0.2) is 30.9 Å². The number of hydrogen-bond acceptors (Lipinski definition) is 5. The van der Waals surface area contributed by atoms with Crippen molar-refractivity contribution in [2.24, 2.45) is 17.3 Å². The monoisotopic (exact) mass is 360 g/mol. The summed E-state index contributed by atoms with van der Waals surface area (Å²) in [6.07, 6.45) is 5.95. The van der Waals surface area contributed by atoms with Crippen LogP contribution in [0.4, 0.5) is 0 Å². The van der Waals surface area contributed by atoms with Crippen LogP contribution in [-0.2, 0) is 23.9 Å². The number of ether oxygens (including phenoxy) is 2. The predicted octanol–water partition coefficient (Wildman–Crippen LogP) is 3.55. The van der Waals surface area contributed by atoms with Gasteiger partial charge in [-0.2, -0.15) is 0 Å². The minimum Gasteiger partial charge on any atom is -0.466 e. The molecule has 1 saturated carbocycles. The maximum absolute atomic E-state index is 12.7. The largest absolute Gasteiger partial charge is 0.466 e. The molecule has 0 N–H and O–H groups in total. The molecule has 2 aliphatic rings. The lowest BCUT2D eigenvalue weighted by Crippen LogP contribution is -2.20. The summed E-state index contributed by atoms with van der Waals surface area (Å²) in [6.45, 7) is 9.40. The lowest BCUT2D eigenvalue weighted by molar-refractivity contribution is -0.150. The fourth-order valence-corrected chi connectivity index (χ4v) is 3.65. The highest BCUT2D eigenvalue weighted by atomic mass is 16.5. The van der Waals surface area contributed by atoms with Crippen molar-refractivity contribution >= 4 is 17.7 Å². The Balaban J connectivity index is 2.08. The molecule has 26 heavy (non-hydrogen) atoms. The number of methoxy groups -OCH3 is 1. The Bertz CT molecular complexity index is 708. The molecule has 1 fully saturated rings. The highest BCUT2D eigenvalue weighted by Crippen LogP contribution is 2.60. The highest BCUT2D eigenvalue weighted by Gasteiger charge is 2.62. The van der Waals surface area contributed by atoms with Crippen LogP contribution in [0.5, 0.6) is 0 Å². The number of hydrogen-bond donors (Lipinski definition) is 0. The van der Waals surface area contributed by atoms with Gasteiger partial charge in [0.15, 0.2) is 5.78 Å². The summed E-state index contributed by atoms with van der Waals surface area (Å²) in [6, 6.07) is 0. The average Bonchev–Trinajstić information content (AvgIpc) is 3.01. The van der Waals surface area contributed by atoms with E-state index in [-0.39, 0.29) is 35.4 Å². The van der Waals surface area contributed by atoms with Crippen LogP contribution < -0.4 is 0 Å². The summed E-state index contributed by atoms with van der Waals surface area (Å²) in [5, 5.41) is 0. The lowest BCUT2D eigenvalue weighted by atomic mass is 10.1. The normalized spacial score (nSPS) is 27.8. The zero-order valence-electron chi connectivity index (χ0n) is 16.4. The summed E-state index contributed by atoms with van der Waals surface area (Å²) in [7, 11) is 1.33. The molecule has 3 atom stereocenters. The minimum atomic E-state index is -0.474. The van der Waals surface area contributed by atoms with Crippen LogP contribution in [0.15, 0.2) is 34.9 Å². The Kier molecular flexibility index (Phi) is 5.89. The molecule has 142 valence electrons. The number of esters is 2. The molecule has 0 heterocycles. The summed E-state index contributed by atoms with van der Waals surface area (Å²) in [4.78, 5) is 36.4. The van der Waals surface area contributed by atoms with E-state index >= 15 is 0 Å². The van der Waals surface area contributed by atoms with Crippen molar-refractivity contribution in [3.8, 4) is 0 Å². The predicted molar refractivity (Wildman–Crippen MR) is 98.2 cm³/mol. The van der Waals surface area contributed by atoms with Crippen molar-refractivity contribution in [3.05, 3.63) is 34.9 Å². The molecule has 0 saturated heterocycles. The molecule has 2 rings (SSSR count). The second-order valence-electron chi connectivity index (χ2n) is 7.65. The quantitative estimate of drug-likeness (QED) is 0.412. The molecule has 0 aromatic heterocycles. The van der Waals surface area contributed by atoms with Crippen molar-refractivity contribution in [2.75, 3.05) is 7.11 Å². The maximum Gasteiger partial charge on any atom is 0.333 e. The summed E-state index contributed by atoms with van der Waals surface area (Å²) in [5.74, 6) is -1.04. The first-order valence-electron chi connectivity index (χ1n) is 8.96. The SMILES string of the molecule is C/C=C\CC1=C(C)[C@@H](OC(=O)[C@@H]2[C@@H](/C=C(/C)C(=O)OC)C2(C)C)CC1=O. The molecular formula is C21H28O5.